The average molecular weight is 234 g/mol. The number of pyridine rings is 1. The quantitative estimate of drug-likeness (QED) is 0.825. The first-order valence-electron chi connectivity index (χ1n) is 5.87. The molecule has 0 atom stereocenters. The van der Waals surface area contributed by atoms with Gasteiger partial charge in [0.2, 0.25) is 0 Å². The largest absolute Gasteiger partial charge is 0.378 e. The van der Waals surface area contributed by atoms with Crippen molar-refractivity contribution in [1.29, 1.82) is 0 Å². The number of carbonyl (C=O) groups is 1. The SMILES string of the molecule is CN(C)c1ccnc(C(=O)N2CCCCN2)c1. The van der Waals surface area contributed by atoms with Crippen LogP contribution in [0.15, 0.2) is 18.3 Å². The number of rotatable bonds is 2. The summed E-state index contributed by atoms with van der Waals surface area (Å²) in [5, 5.41) is 1.66. The third-order valence-electron chi connectivity index (χ3n) is 2.84. The van der Waals surface area contributed by atoms with Gasteiger partial charge >= 0.3 is 0 Å². The molecule has 2 heterocycles. The molecule has 1 aromatic rings. The molecule has 1 aliphatic rings. The van der Waals surface area contributed by atoms with E-state index in [1.165, 1.54) is 0 Å². The number of anilines is 1. The van der Waals surface area contributed by atoms with E-state index in [1.807, 2.05) is 31.1 Å². The van der Waals surface area contributed by atoms with E-state index >= 15 is 0 Å². The lowest BCUT2D eigenvalue weighted by atomic mass is 10.2. The minimum atomic E-state index is -0.0478. The third-order valence-corrected chi connectivity index (χ3v) is 2.84. The van der Waals surface area contributed by atoms with Crippen LogP contribution in [0.5, 0.6) is 0 Å². The Bertz CT molecular complexity index is 399. The molecule has 0 aliphatic carbocycles. The maximum Gasteiger partial charge on any atom is 0.286 e. The van der Waals surface area contributed by atoms with Crippen LogP contribution >= 0.6 is 0 Å². The van der Waals surface area contributed by atoms with E-state index in [1.54, 1.807) is 11.2 Å². The van der Waals surface area contributed by atoms with Crippen LogP contribution in [-0.4, -0.2) is 43.1 Å². The van der Waals surface area contributed by atoms with Crippen molar-refractivity contribution >= 4 is 11.6 Å². The predicted molar refractivity (Wildman–Crippen MR) is 66.8 cm³/mol. The Balaban J connectivity index is 2.15. The number of hydrogen-bond donors (Lipinski definition) is 1. The summed E-state index contributed by atoms with van der Waals surface area (Å²) in [4.78, 5) is 18.3. The monoisotopic (exact) mass is 234 g/mol. The maximum atomic E-state index is 12.2. The van der Waals surface area contributed by atoms with E-state index in [0.717, 1.165) is 31.6 Å². The van der Waals surface area contributed by atoms with Gasteiger partial charge in [0.1, 0.15) is 5.69 Å². The van der Waals surface area contributed by atoms with Gasteiger partial charge in [-0.3, -0.25) is 14.8 Å². The highest BCUT2D eigenvalue weighted by Gasteiger charge is 2.19. The van der Waals surface area contributed by atoms with Gasteiger partial charge in [0.15, 0.2) is 0 Å². The normalized spacial score (nSPS) is 15.8. The Hall–Kier alpha value is -1.62. The van der Waals surface area contributed by atoms with Crippen molar-refractivity contribution < 1.29 is 4.79 Å². The van der Waals surface area contributed by atoms with Crippen molar-refractivity contribution in [3.63, 3.8) is 0 Å². The second-order valence-electron chi connectivity index (χ2n) is 4.37. The van der Waals surface area contributed by atoms with Crippen LogP contribution < -0.4 is 10.3 Å². The fourth-order valence-electron chi connectivity index (χ4n) is 1.81. The van der Waals surface area contributed by atoms with Crippen LogP contribution in [0.3, 0.4) is 0 Å². The molecule has 0 bridgehead atoms. The molecule has 1 saturated heterocycles. The molecular weight excluding hydrogens is 216 g/mol. The Morgan fingerprint density at radius 3 is 2.94 bits per heavy atom. The van der Waals surface area contributed by atoms with Crippen LogP contribution in [0.2, 0.25) is 0 Å². The van der Waals surface area contributed by atoms with E-state index in [0.29, 0.717) is 5.69 Å². The number of aromatic nitrogens is 1. The number of nitrogens with one attached hydrogen (secondary N) is 1. The molecule has 0 aromatic carbocycles. The number of nitrogens with zero attached hydrogens (tertiary/aromatic N) is 3. The van der Waals surface area contributed by atoms with Crippen LogP contribution in [-0.2, 0) is 0 Å². The van der Waals surface area contributed by atoms with E-state index in [2.05, 4.69) is 10.4 Å². The fourth-order valence-corrected chi connectivity index (χ4v) is 1.81. The Labute approximate surface area is 101 Å². The molecule has 1 amide bonds. The van der Waals surface area contributed by atoms with Crippen LogP contribution in [0.4, 0.5) is 5.69 Å². The van der Waals surface area contributed by atoms with E-state index < -0.39 is 0 Å². The molecule has 0 spiro atoms. The molecule has 1 aliphatic heterocycles. The molecule has 17 heavy (non-hydrogen) atoms. The molecule has 92 valence electrons. The summed E-state index contributed by atoms with van der Waals surface area (Å²) in [6.45, 7) is 1.62. The lowest BCUT2D eigenvalue weighted by molar-refractivity contribution is 0.0605. The molecule has 2 rings (SSSR count). The Morgan fingerprint density at radius 2 is 2.29 bits per heavy atom. The summed E-state index contributed by atoms with van der Waals surface area (Å²) < 4.78 is 0. The van der Waals surface area contributed by atoms with Gasteiger partial charge in [-0.05, 0) is 25.0 Å². The standard InChI is InChI=1S/C12H18N4O/c1-15(2)10-5-7-13-11(9-10)12(17)16-8-4-3-6-14-16/h5,7,9,14H,3-4,6,8H2,1-2H3. The van der Waals surface area contributed by atoms with Crippen LogP contribution in [0.25, 0.3) is 0 Å². The van der Waals surface area contributed by atoms with Crippen molar-refractivity contribution in [2.45, 2.75) is 12.8 Å². The smallest absolute Gasteiger partial charge is 0.286 e. The first-order chi connectivity index (χ1) is 8.18. The lowest BCUT2D eigenvalue weighted by Gasteiger charge is -2.27. The first-order valence-corrected chi connectivity index (χ1v) is 5.87. The summed E-state index contributed by atoms with van der Waals surface area (Å²) >= 11 is 0. The van der Waals surface area contributed by atoms with E-state index in [9.17, 15) is 4.79 Å². The number of amides is 1. The minimum Gasteiger partial charge on any atom is -0.378 e. The maximum absolute atomic E-state index is 12.2. The molecule has 0 saturated carbocycles. The second-order valence-corrected chi connectivity index (χ2v) is 4.37. The van der Waals surface area contributed by atoms with Gasteiger partial charge in [-0.1, -0.05) is 0 Å². The zero-order valence-corrected chi connectivity index (χ0v) is 10.3. The Morgan fingerprint density at radius 1 is 1.47 bits per heavy atom. The summed E-state index contributed by atoms with van der Waals surface area (Å²) in [6, 6.07) is 3.71. The average Bonchev–Trinajstić information content (AvgIpc) is 2.39. The molecule has 5 nitrogen and oxygen atoms in total. The van der Waals surface area contributed by atoms with Crippen molar-refractivity contribution in [3.8, 4) is 0 Å². The topological polar surface area (TPSA) is 48.5 Å². The summed E-state index contributed by atoms with van der Waals surface area (Å²) in [7, 11) is 3.89. The van der Waals surface area contributed by atoms with Gasteiger partial charge in [0, 0.05) is 39.1 Å². The zero-order chi connectivity index (χ0) is 12.3. The fraction of sp³-hybridized carbons (Fsp3) is 0.500. The van der Waals surface area contributed by atoms with Gasteiger partial charge < -0.3 is 4.90 Å². The van der Waals surface area contributed by atoms with Crippen molar-refractivity contribution in [1.82, 2.24) is 15.4 Å². The summed E-state index contributed by atoms with van der Waals surface area (Å²) in [5.74, 6) is -0.0478. The molecule has 1 fully saturated rings. The molecular formula is C12H18N4O. The lowest BCUT2D eigenvalue weighted by Crippen LogP contribution is -2.47. The van der Waals surface area contributed by atoms with Crippen molar-refractivity contribution in [3.05, 3.63) is 24.0 Å². The van der Waals surface area contributed by atoms with Gasteiger partial charge in [-0.25, -0.2) is 5.43 Å². The van der Waals surface area contributed by atoms with Crippen LogP contribution in [0, 0.1) is 0 Å². The molecule has 5 heteroatoms. The molecule has 0 unspecified atom stereocenters. The minimum absolute atomic E-state index is 0.0478. The van der Waals surface area contributed by atoms with Gasteiger partial charge in [-0.2, -0.15) is 0 Å². The second kappa shape index (κ2) is 5.14. The predicted octanol–water partition coefficient (Wildman–Crippen LogP) is 0.888. The number of hydrogen-bond acceptors (Lipinski definition) is 4. The third kappa shape index (κ3) is 2.74. The van der Waals surface area contributed by atoms with E-state index in [4.69, 9.17) is 0 Å². The van der Waals surface area contributed by atoms with Crippen LogP contribution in [0.1, 0.15) is 23.3 Å². The molecule has 0 radical (unpaired) electrons. The highest BCUT2D eigenvalue weighted by atomic mass is 16.2. The van der Waals surface area contributed by atoms with Gasteiger partial charge in [-0.15, -0.1) is 0 Å². The Kier molecular flexibility index (Phi) is 3.58. The van der Waals surface area contributed by atoms with Crippen molar-refractivity contribution in [2.24, 2.45) is 0 Å². The highest BCUT2D eigenvalue weighted by Crippen LogP contribution is 2.13. The summed E-state index contributed by atoms with van der Waals surface area (Å²) in [6.07, 6.45) is 3.84. The number of carbonyl (C=O) groups excluding carboxylic acids is 1. The van der Waals surface area contributed by atoms with Crippen molar-refractivity contribution in [2.75, 3.05) is 32.1 Å². The van der Waals surface area contributed by atoms with Gasteiger partial charge in [0.25, 0.3) is 5.91 Å². The number of hydrazine groups is 1. The molecule has 1 aromatic heterocycles. The molecule has 1 N–H and O–H groups in total. The first kappa shape index (κ1) is 11.9. The zero-order valence-electron chi connectivity index (χ0n) is 10.3. The van der Waals surface area contributed by atoms with E-state index in [-0.39, 0.29) is 5.91 Å². The summed E-state index contributed by atoms with van der Waals surface area (Å²) in [5.41, 5.74) is 4.57. The van der Waals surface area contributed by atoms with Gasteiger partial charge in [0.05, 0.1) is 0 Å². The highest BCUT2D eigenvalue weighted by molar-refractivity contribution is 5.92.